The lowest BCUT2D eigenvalue weighted by Gasteiger charge is -2.34. The molecule has 2 aromatic rings. The molecule has 2 N–H and O–H groups in total. The second-order valence-corrected chi connectivity index (χ2v) is 5.34. The summed E-state index contributed by atoms with van der Waals surface area (Å²) in [5.41, 5.74) is 9.47. The van der Waals surface area contributed by atoms with Crippen LogP contribution in [0.3, 0.4) is 0 Å². The Morgan fingerprint density at radius 3 is 3.00 bits per heavy atom. The molecule has 96 valence electrons. The Hall–Kier alpha value is -1.39. The molecule has 2 atom stereocenters. The van der Waals surface area contributed by atoms with Crippen LogP contribution in [0.25, 0.3) is 5.65 Å². The number of aryl methyl sites for hydroxylation is 1. The topological polar surface area (TPSA) is 46.6 Å². The lowest BCUT2D eigenvalue weighted by atomic mass is 9.96. The predicted octanol–water partition coefficient (Wildman–Crippen LogP) is 1.74. The molecule has 1 saturated heterocycles. The van der Waals surface area contributed by atoms with Crippen molar-refractivity contribution < 1.29 is 0 Å². The van der Waals surface area contributed by atoms with Gasteiger partial charge < -0.3 is 10.1 Å². The van der Waals surface area contributed by atoms with Crippen LogP contribution in [-0.4, -0.2) is 33.9 Å². The molecule has 3 rings (SSSR count). The smallest absolute Gasteiger partial charge is 0.137 e. The largest absolute Gasteiger partial charge is 0.328 e. The minimum absolute atomic E-state index is 0.303. The molecular formula is C14H20N4. The summed E-state index contributed by atoms with van der Waals surface area (Å²) in [7, 11) is 2.16. The fourth-order valence-corrected chi connectivity index (χ4v) is 2.78. The van der Waals surface area contributed by atoms with E-state index in [0.717, 1.165) is 30.7 Å². The molecule has 0 aromatic carbocycles. The van der Waals surface area contributed by atoms with Crippen molar-refractivity contribution in [2.24, 2.45) is 5.73 Å². The molecule has 1 aliphatic rings. The fraction of sp³-hybridized carbons (Fsp3) is 0.500. The van der Waals surface area contributed by atoms with E-state index in [1.54, 1.807) is 0 Å². The summed E-state index contributed by atoms with van der Waals surface area (Å²) >= 11 is 0. The Labute approximate surface area is 107 Å². The number of pyridine rings is 1. The Kier molecular flexibility index (Phi) is 2.84. The van der Waals surface area contributed by atoms with Gasteiger partial charge in [-0.3, -0.25) is 4.90 Å². The van der Waals surface area contributed by atoms with Crippen LogP contribution in [0.5, 0.6) is 0 Å². The maximum Gasteiger partial charge on any atom is 0.137 e. The Morgan fingerprint density at radius 2 is 2.22 bits per heavy atom. The second-order valence-electron chi connectivity index (χ2n) is 5.34. The third kappa shape index (κ3) is 1.91. The van der Waals surface area contributed by atoms with E-state index in [4.69, 9.17) is 10.7 Å². The molecule has 0 saturated carbocycles. The van der Waals surface area contributed by atoms with E-state index in [0.29, 0.717) is 12.1 Å². The van der Waals surface area contributed by atoms with Crippen LogP contribution in [0.2, 0.25) is 0 Å². The van der Waals surface area contributed by atoms with Crippen molar-refractivity contribution in [1.82, 2.24) is 14.3 Å². The van der Waals surface area contributed by atoms with E-state index in [-0.39, 0.29) is 0 Å². The molecule has 2 unspecified atom stereocenters. The van der Waals surface area contributed by atoms with Crippen molar-refractivity contribution in [2.45, 2.75) is 31.8 Å². The van der Waals surface area contributed by atoms with E-state index >= 15 is 0 Å². The van der Waals surface area contributed by atoms with E-state index in [1.165, 1.54) is 5.69 Å². The molecule has 2 aromatic heterocycles. The fourth-order valence-electron chi connectivity index (χ4n) is 2.78. The number of imidazole rings is 1. The summed E-state index contributed by atoms with van der Waals surface area (Å²) < 4.78 is 2.16. The van der Waals surface area contributed by atoms with Gasteiger partial charge in [-0.2, -0.15) is 0 Å². The van der Waals surface area contributed by atoms with Crippen LogP contribution in [0.1, 0.15) is 30.3 Å². The minimum Gasteiger partial charge on any atom is -0.328 e. The molecule has 0 bridgehead atoms. The third-order valence-electron chi connectivity index (χ3n) is 3.97. The van der Waals surface area contributed by atoms with Gasteiger partial charge in [0.2, 0.25) is 0 Å². The van der Waals surface area contributed by atoms with Crippen LogP contribution < -0.4 is 5.73 Å². The number of rotatable bonds is 1. The molecule has 0 radical (unpaired) electrons. The zero-order valence-corrected chi connectivity index (χ0v) is 11.0. The summed E-state index contributed by atoms with van der Waals surface area (Å²) in [6.45, 7) is 3.16. The van der Waals surface area contributed by atoms with Gasteiger partial charge in [0.15, 0.2) is 0 Å². The number of nitrogens with two attached hydrogens (primary N) is 1. The SMILES string of the molecule is Cc1cccc2nc(C3CC(N)CCN3C)cn12. The number of likely N-dealkylation sites (tertiary alicyclic amines) is 1. The molecule has 3 heterocycles. The summed E-state index contributed by atoms with van der Waals surface area (Å²) in [4.78, 5) is 7.11. The first-order valence-corrected chi connectivity index (χ1v) is 6.55. The third-order valence-corrected chi connectivity index (χ3v) is 3.97. The molecular weight excluding hydrogens is 224 g/mol. The summed E-state index contributed by atoms with van der Waals surface area (Å²) in [5.74, 6) is 0. The number of hydrogen-bond acceptors (Lipinski definition) is 3. The van der Waals surface area contributed by atoms with E-state index < -0.39 is 0 Å². The van der Waals surface area contributed by atoms with Gasteiger partial charge in [-0.25, -0.2) is 4.98 Å². The molecule has 0 aliphatic carbocycles. The number of fused-ring (bicyclic) bond motifs is 1. The molecule has 1 aliphatic heterocycles. The van der Waals surface area contributed by atoms with Crippen LogP contribution >= 0.6 is 0 Å². The standard InChI is InChI=1S/C14H20N4/c1-10-4-3-5-14-16-12(9-18(10)14)13-8-11(15)6-7-17(13)2/h3-5,9,11,13H,6-8,15H2,1-2H3. The van der Waals surface area contributed by atoms with Crippen LogP contribution in [0, 0.1) is 6.92 Å². The molecule has 4 heteroatoms. The van der Waals surface area contributed by atoms with Gasteiger partial charge in [-0.1, -0.05) is 6.07 Å². The maximum atomic E-state index is 6.09. The molecule has 4 nitrogen and oxygen atoms in total. The highest BCUT2D eigenvalue weighted by Crippen LogP contribution is 2.28. The lowest BCUT2D eigenvalue weighted by Crippen LogP contribution is -2.40. The summed E-state index contributed by atoms with van der Waals surface area (Å²) in [6.07, 6.45) is 4.24. The Balaban J connectivity index is 2.00. The predicted molar refractivity (Wildman–Crippen MR) is 72.5 cm³/mol. The van der Waals surface area contributed by atoms with Crippen molar-refractivity contribution in [3.63, 3.8) is 0 Å². The van der Waals surface area contributed by atoms with E-state index in [1.807, 2.05) is 0 Å². The Morgan fingerprint density at radius 1 is 1.39 bits per heavy atom. The highest BCUT2D eigenvalue weighted by Gasteiger charge is 2.27. The highest BCUT2D eigenvalue weighted by molar-refractivity contribution is 5.42. The zero-order valence-electron chi connectivity index (χ0n) is 11.0. The van der Waals surface area contributed by atoms with Crippen molar-refractivity contribution >= 4 is 5.65 Å². The van der Waals surface area contributed by atoms with Crippen LogP contribution in [-0.2, 0) is 0 Å². The molecule has 0 spiro atoms. The average Bonchev–Trinajstić information content (AvgIpc) is 2.77. The van der Waals surface area contributed by atoms with Gasteiger partial charge in [0.1, 0.15) is 5.65 Å². The normalized spacial score (nSPS) is 25.7. The summed E-state index contributed by atoms with van der Waals surface area (Å²) in [5, 5.41) is 0. The van der Waals surface area contributed by atoms with Gasteiger partial charge >= 0.3 is 0 Å². The first-order valence-electron chi connectivity index (χ1n) is 6.55. The minimum atomic E-state index is 0.303. The first kappa shape index (κ1) is 11.7. The van der Waals surface area contributed by atoms with Crippen molar-refractivity contribution in [3.8, 4) is 0 Å². The van der Waals surface area contributed by atoms with E-state index in [2.05, 4.69) is 47.7 Å². The van der Waals surface area contributed by atoms with Gasteiger partial charge in [0.05, 0.1) is 11.7 Å². The zero-order chi connectivity index (χ0) is 12.7. The second kappa shape index (κ2) is 4.37. The van der Waals surface area contributed by atoms with Gasteiger partial charge in [-0.05, 0) is 45.5 Å². The maximum absolute atomic E-state index is 6.09. The number of piperidine rings is 1. The summed E-state index contributed by atoms with van der Waals surface area (Å²) in [6, 6.07) is 6.87. The number of nitrogens with zero attached hydrogens (tertiary/aromatic N) is 3. The molecule has 0 amide bonds. The number of aromatic nitrogens is 2. The van der Waals surface area contributed by atoms with Crippen molar-refractivity contribution in [1.29, 1.82) is 0 Å². The van der Waals surface area contributed by atoms with Gasteiger partial charge in [-0.15, -0.1) is 0 Å². The Bertz CT molecular complexity index is 560. The van der Waals surface area contributed by atoms with Crippen LogP contribution in [0.4, 0.5) is 0 Å². The van der Waals surface area contributed by atoms with E-state index in [9.17, 15) is 0 Å². The molecule has 1 fully saturated rings. The average molecular weight is 244 g/mol. The molecule has 18 heavy (non-hydrogen) atoms. The highest BCUT2D eigenvalue weighted by atomic mass is 15.2. The van der Waals surface area contributed by atoms with Crippen LogP contribution in [0.15, 0.2) is 24.4 Å². The van der Waals surface area contributed by atoms with Gasteiger partial charge in [0, 0.05) is 17.9 Å². The first-order chi connectivity index (χ1) is 8.65. The number of hydrogen-bond donors (Lipinski definition) is 1. The monoisotopic (exact) mass is 244 g/mol. The quantitative estimate of drug-likeness (QED) is 0.831. The lowest BCUT2D eigenvalue weighted by molar-refractivity contribution is 0.168. The van der Waals surface area contributed by atoms with Gasteiger partial charge in [0.25, 0.3) is 0 Å². The van der Waals surface area contributed by atoms with Crippen molar-refractivity contribution in [2.75, 3.05) is 13.6 Å². The van der Waals surface area contributed by atoms with Crippen molar-refractivity contribution in [3.05, 3.63) is 35.8 Å².